The summed E-state index contributed by atoms with van der Waals surface area (Å²) in [6.07, 6.45) is 0. The molecule has 6 nitrogen and oxygen atoms in total. The summed E-state index contributed by atoms with van der Waals surface area (Å²) in [5.41, 5.74) is 4.84. The van der Waals surface area contributed by atoms with Crippen LogP contribution >= 0.6 is 11.6 Å². The molecular formula is C18H18ClN5O. The summed E-state index contributed by atoms with van der Waals surface area (Å²) in [5.74, 6) is 0.252. The van der Waals surface area contributed by atoms with Crippen molar-refractivity contribution < 1.29 is 4.79 Å². The molecule has 0 saturated heterocycles. The Labute approximate surface area is 150 Å². The second-order valence-corrected chi connectivity index (χ2v) is 6.41. The van der Waals surface area contributed by atoms with Crippen molar-refractivity contribution in [2.75, 3.05) is 5.32 Å². The van der Waals surface area contributed by atoms with E-state index in [1.165, 1.54) is 10.4 Å². The van der Waals surface area contributed by atoms with Gasteiger partial charge in [0.1, 0.15) is 6.54 Å². The summed E-state index contributed by atoms with van der Waals surface area (Å²) in [5, 5.41) is 15.7. The largest absolute Gasteiger partial charge is 0.324 e. The van der Waals surface area contributed by atoms with Crippen LogP contribution < -0.4 is 5.32 Å². The molecule has 0 fully saturated rings. The molecule has 0 radical (unpaired) electrons. The summed E-state index contributed by atoms with van der Waals surface area (Å²) >= 11 is 5.87. The van der Waals surface area contributed by atoms with Gasteiger partial charge in [0.05, 0.1) is 0 Å². The molecule has 1 N–H and O–H groups in total. The second kappa shape index (κ2) is 7.03. The van der Waals surface area contributed by atoms with Gasteiger partial charge in [-0.15, -0.1) is 10.2 Å². The Hall–Kier alpha value is -2.73. The zero-order valence-corrected chi connectivity index (χ0v) is 15.0. The predicted octanol–water partition coefficient (Wildman–Crippen LogP) is 3.56. The molecule has 7 heteroatoms. The van der Waals surface area contributed by atoms with Gasteiger partial charge in [0.2, 0.25) is 11.7 Å². The van der Waals surface area contributed by atoms with E-state index in [1.807, 2.05) is 45.0 Å². The summed E-state index contributed by atoms with van der Waals surface area (Å²) < 4.78 is 0. The number of nitrogens with zero attached hydrogens (tertiary/aromatic N) is 4. The third-order valence-corrected chi connectivity index (χ3v) is 4.03. The molecule has 0 bridgehead atoms. The van der Waals surface area contributed by atoms with E-state index in [0.29, 0.717) is 10.8 Å². The third-order valence-electron chi connectivity index (χ3n) is 3.78. The van der Waals surface area contributed by atoms with Crippen LogP contribution in [0.25, 0.3) is 11.4 Å². The van der Waals surface area contributed by atoms with Gasteiger partial charge < -0.3 is 5.32 Å². The number of hydrogen-bond donors (Lipinski definition) is 1. The minimum absolute atomic E-state index is 0.00660. The van der Waals surface area contributed by atoms with Crippen LogP contribution in [0.4, 0.5) is 5.69 Å². The number of nitrogens with one attached hydrogen (secondary N) is 1. The number of halogens is 1. The number of aromatic nitrogens is 4. The first kappa shape index (κ1) is 17.1. The molecule has 0 atom stereocenters. The fraction of sp³-hybridized carbons (Fsp3) is 0.222. The molecule has 128 valence electrons. The van der Waals surface area contributed by atoms with Gasteiger partial charge in [0.15, 0.2) is 0 Å². The van der Waals surface area contributed by atoms with Crippen molar-refractivity contribution in [3.05, 3.63) is 58.1 Å². The Morgan fingerprint density at radius 1 is 1.12 bits per heavy atom. The van der Waals surface area contributed by atoms with Crippen LogP contribution in [-0.2, 0) is 11.3 Å². The highest BCUT2D eigenvalue weighted by Gasteiger charge is 2.12. The highest BCUT2D eigenvalue weighted by molar-refractivity contribution is 6.30. The Balaban J connectivity index is 1.71. The second-order valence-electron chi connectivity index (χ2n) is 5.97. The van der Waals surface area contributed by atoms with Crippen molar-refractivity contribution in [2.45, 2.75) is 27.3 Å². The monoisotopic (exact) mass is 355 g/mol. The van der Waals surface area contributed by atoms with Gasteiger partial charge in [0.25, 0.3) is 0 Å². The minimum atomic E-state index is -0.199. The fourth-order valence-corrected chi connectivity index (χ4v) is 2.84. The molecular weight excluding hydrogens is 338 g/mol. The number of tetrazole rings is 1. The Bertz CT molecular complexity index is 894. The van der Waals surface area contributed by atoms with Crippen LogP contribution in [0.1, 0.15) is 16.7 Å². The van der Waals surface area contributed by atoms with E-state index in [0.717, 1.165) is 22.4 Å². The average molecular weight is 356 g/mol. The quantitative estimate of drug-likeness (QED) is 0.776. The number of benzene rings is 2. The predicted molar refractivity (Wildman–Crippen MR) is 97.5 cm³/mol. The van der Waals surface area contributed by atoms with E-state index in [-0.39, 0.29) is 12.5 Å². The molecule has 1 heterocycles. The Morgan fingerprint density at radius 3 is 2.40 bits per heavy atom. The van der Waals surface area contributed by atoms with E-state index >= 15 is 0 Å². The number of rotatable bonds is 4. The summed E-state index contributed by atoms with van der Waals surface area (Å²) in [6, 6.07) is 11.2. The minimum Gasteiger partial charge on any atom is -0.324 e. The van der Waals surface area contributed by atoms with Gasteiger partial charge in [-0.1, -0.05) is 29.3 Å². The molecule has 1 amide bonds. The lowest BCUT2D eigenvalue weighted by molar-refractivity contribution is -0.117. The van der Waals surface area contributed by atoms with E-state index in [2.05, 4.69) is 20.7 Å². The third kappa shape index (κ3) is 4.03. The van der Waals surface area contributed by atoms with Gasteiger partial charge in [-0.25, -0.2) is 0 Å². The number of aryl methyl sites for hydroxylation is 3. The molecule has 0 spiro atoms. The summed E-state index contributed by atoms with van der Waals surface area (Å²) in [4.78, 5) is 13.6. The molecule has 0 unspecified atom stereocenters. The molecule has 0 aliphatic rings. The molecule has 1 aromatic heterocycles. The first-order chi connectivity index (χ1) is 11.9. The number of hydrogen-bond acceptors (Lipinski definition) is 4. The van der Waals surface area contributed by atoms with Crippen LogP contribution in [0, 0.1) is 20.8 Å². The van der Waals surface area contributed by atoms with Gasteiger partial charge in [-0.3, -0.25) is 4.79 Å². The number of carbonyl (C=O) groups excluding carboxylic acids is 1. The molecule has 0 aliphatic carbocycles. The van der Waals surface area contributed by atoms with Crippen LogP contribution in [0.5, 0.6) is 0 Å². The molecule has 25 heavy (non-hydrogen) atoms. The molecule has 0 saturated carbocycles. The summed E-state index contributed by atoms with van der Waals surface area (Å²) in [7, 11) is 0. The van der Waals surface area contributed by atoms with Crippen molar-refractivity contribution in [3.8, 4) is 11.4 Å². The van der Waals surface area contributed by atoms with Crippen LogP contribution in [0.3, 0.4) is 0 Å². The van der Waals surface area contributed by atoms with E-state index in [4.69, 9.17) is 11.6 Å². The van der Waals surface area contributed by atoms with Gasteiger partial charge >= 0.3 is 0 Å². The van der Waals surface area contributed by atoms with E-state index < -0.39 is 0 Å². The lowest BCUT2D eigenvalue weighted by Crippen LogP contribution is -2.21. The van der Waals surface area contributed by atoms with Crippen LogP contribution in [-0.4, -0.2) is 26.1 Å². The first-order valence-electron chi connectivity index (χ1n) is 7.84. The van der Waals surface area contributed by atoms with Crippen LogP contribution in [0.15, 0.2) is 36.4 Å². The van der Waals surface area contributed by atoms with Crippen molar-refractivity contribution in [1.29, 1.82) is 0 Å². The normalized spacial score (nSPS) is 10.7. The maximum absolute atomic E-state index is 12.3. The van der Waals surface area contributed by atoms with Gasteiger partial charge in [-0.2, -0.15) is 4.80 Å². The zero-order chi connectivity index (χ0) is 18.0. The lowest BCUT2D eigenvalue weighted by Gasteiger charge is -2.12. The lowest BCUT2D eigenvalue weighted by atomic mass is 10.1. The van der Waals surface area contributed by atoms with Crippen molar-refractivity contribution in [1.82, 2.24) is 20.2 Å². The van der Waals surface area contributed by atoms with Gasteiger partial charge in [-0.05, 0) is 61.4 Å². The molecule has 3 aromatic rings. The molecule has 0 aliphatic heterocycles. The van der Waals surface area contributed by atoms with Crippen LogP contribution in [0.2, 0.25) is 5.02 Å². The van der Waals surface area contributed by atoms with Crippen molar-refractivity contribution >= 4 is 23.2 Å². The number of anilines is 1. The summed E-state index contributed by atoms with van der Waals surface area (Å²) in [6.45, 7) is 5.97. The topological polar surface area (TPSA) is 72.7 Å². The molecule has 3 rings (SSSR count). The standard InChI is InChI=1S/C18H18ClN5O/c1-11-8-12(2)17(13(3)9-11)20-16(25)10-24-22-18(21-23-24)14-4-6-15(19)7-5-14/h4-9H,10H2,1-3H3,(H,20,25). The maximum Gasteiger partial charge on any atom is 0.248 e. The average Bonchev–Trinajstić information content (AvgIpc) is 3.00. The highest BCUT2D eigenvalue weighted by atomic mass is 35.5. The van der Waals surface area contributed by atoms with Crippen molar-refractivity contribution in [2.24, 2.45) is 0 Å². The Kier molecular flexibility index (Phi) is 4.81. The number of carbonyl (C=O) groups is 1. The maximum atomic E-state index is 12.3. The first-order valence-corrected chi connectivity index (χ1v) is 8.21. The highest BCUT2D eigenvalue weighted by Crippen LogP contribution is 2.22. The van der Waals surface area contributed by atoms with E-state index in [9.17, 15) is 4.79 Å². The van der Waals surface area contributed by atoms with E-state index in [1.54, 1.807) is 12.1 Å². The van der Waals surface area contributed by atoms with Crippen molar-refractivity contribution in [3.63, 3.8) is 0 Å². The smallest absolute Gasteiger partial charge is 0.248 e. The SMILES string of the molecule is Cc1cc(C)c(NC(=O)Cn2nnc(-c3ccc(Cl)cc3)n2)c(C)c1. The number of amides is 1. The zero-order valence-electron chi connectivity index (χ0n) is 14.2. The Morgan fingerprint density at radius 2 is 1.76 bits per heavy atom. The fourth-order valence-electron chi connectivity index (χ4n) is 2.71. The molecule has 2 aromatic carbocycles. The van der Waals surface area contributed by atoms with Gasteiger partial charge in [0, 0.05) is 16.3 Å².